The summed E-state index contributed by atoms with van der Waals surface area (Å²) in [7, 11) is 2.13. The van der Waals surface area contributed by atoms with Crippen molar-refractivity contribution in [1.29, 1.82) is 0 Å². The second kappa shape index (κ2) is 5.74. The van der Waals surface area contributed by atoms with E-state index in [1.807, 2.05) is 30.9 Å². The smallest absolute Gasteiger partial charge is 0.0957 e. The standard InChI is InChI=1S/C13H20N2OS/c1-3-13(16)12-5-4-10(8-14-12)15(2)11-6-7-17-9-11/h4-5,8,11,13,16H,3,6-7,9H2,1-2H3/t11?,13-/m0/s1. The first-order valence-corrected chi connectivity index (χ1v) is 7.32. The maximum Gasteiger partial charge on any atom is 0.0957 e. The molecule has 3 nitrogen and oxygen atoms in total. The van der Waals surface area contributed by atoms with Crippen LogP contribution in [0.5, 0.6) is 0 Å². The van der Waals surface area contributed by atoms with Crippen LogP contribution in [0, 0.1) is 0 Å². The van der Waals surface area contributed by atoms with Crippen molar-refractivity contribution < 1.29 is 5.11 Å². The van der Waals surface area contributed by atoms with Crippen LogP contribution in [-0.4, -0.2) is 34.7 Å². The Morgan fingerprint density at radius 3 is 2.94 bits per heavy atom. The molecule has 0 aromatic carbocycles. The predicted molar refractivity (Wildman–Crippen MR) is 73.6 cm³/mol. The zero-order valence-electron chi connectivity index (χ0n) is 10.5. The fourth-order valence-corrected chi connectivity index (χ4v) is 3.32. The van der Waals surface area contributed by atoms with Crippen LogP contribution in [0.2, 0.25) is 0 Å². The summed E-state index contributed by atoms with van der Waals surface area (Å²) in [5.74, 6) is 2.46. The van der Waals surface area contributed by atoms with Gasteiger partial charge in [0.1, 0.15) is 0 Å². The predicted octanol–water partition coefficient (Wildman–Crippen LogP) is 2.47. The lowest BCUT2D eigenvalue weighted by molar-refractivity contribution is 0.169. The minimum atomic E-state index is -0.434. The molecule has 2 heterocycles. The summed E-state index contributed by atoms with van der Waals surface area (Å²) in [5, 5.41) is 9.69. The molecule has 0 amide bonds. The van der Waals surface area contributed by atoms with E-state index in [1.165, 1.54) is 17.9 Å². The first-order valence-electron chi connectivity index (χ1n) is 6.17. The average Bonchev–Trinajstić information content (AvgIpc) is 2.91. The molecule has 0 saturated carbocycles. The highest BCUT2D eigenvalue weighted by molar-refractivity contribution is 7.99. The van der Waals surface area contributed by atoms with E-state index in [9.17, 15) is 5.11 Å². The van der Waals surface area contributed by atoms with Gasteiger partial charge in [-0.15, -0.1) is 0 Å². The Bertz CT molecular complexity index is 349. The van der Waals surface area contributed by atoms with Crippen molar-refractivity contribution in [3.8, 4) is 0 Å². The minimum absolute atomic E-state index is 0.434. The van der Waals surface area contributed by atoms with Crippen molar-refractivity contribution in [3.05, 3.63) is 24.0 Å². The third-order valence-electron chi connectivity index (χ3n) is 3.36. The molecule has 1 fully saturated rings. The summed E-state index contributed by atoms with van der Waals surface area (Å²) in [6, 6.07) is 4.62. The van der Waals surface area contributed by atoms with E-state index in [2.05, 4.69) is 23.0 Å². The molecule has 94 valence electrons. The number of anilines is 1. The number of hydrogen-bond acceptors (Lipinski definition) is 4. The number of aliphatic hydroxyl groups excluding tert-OH is 1. The van der Waals surface area contributed by atoms with Gasteiger partial charge in [0.25, 0.3) is 0 Å². The largest absolute Gasteiger partial charge is 0.387 e. The fourth-order valence-electron chi connectivity index (χ4n) is 2.05. The molecule has 1 aliphatic rings. The van der Waals surface area contributed by atoms with Gasteiger partial charge in [0, 0.05) is 18.8 Å². The van der Waals surface area contributed by atoms with Gasteiger partial charge < -0.3 is 10.0 Å². The summed E-state index contributed by atoms with van der Waals surface area (Å²) >= 11 is 2.01. The first-order chi connectivity index (χ1) is 8.22. The second-order valence-electron chi connectivity index (χ2n) is 4.49. The highest BCUT2D eigenvalue weighted by Crippen LogP contribution is 2.26. The number of aromatic nitrogens is 1. The Morgan fingerprint density at radius 1 is 1.59 bits per heavy atom. The van der Waals surface area contributed by atoms with Crippen LogP contribution in [0.3, 0.4) is 0 Å². The van der Waals surface area contributed by atoms with E-state index in [0.29, 0.717) is 12.5 Å². The van der Waals surface area contributed by atoms with Crippen molar-refractivity contribution in [2.24, 2.45) is 0 Å². The average molecular weight is 252 g/mol. The zero-order valence-corrected chi connectivity index (χ0v) is 11.3. The van der Waals surface area contributed by atoms with Crippen molar-refractivity contribution in [1.82, 2.24) is 4.98 Å². The molecular formula is C13H20N2OS. The van der Waals surface area contributed by atoms with Crippen molar-refractivity contribution >= 4 is 17.4 Å². The Hall–Kier alpha value is -0.740. The van der Waals surface area contributed by atoms with Gasteiger partial charge >= 0.3 is 0 Å². The number of pyridine rings is 1. The Morgan fingerprint density at radius 2 is 2.41 bits per heavy atom. The molecule has 1 saturated heterocycles. The van der Waals surface area contributed by atoms with Crippen LogP contribution in [0.1, 0.15) is 31.6 Å². The third kappa shape index (κ3) is 2.93. The molecular weight excluding hydrogens is 232 g/mol. The van der Waals surface area contributed by atoms with Crippen molar-refractivity contribution in [3.63, 3.8) is 0 Å². The molecule has 1 aromatic rings. The highest BCUT2D eigenvalue weighted by atomic mass is 32.2. The molecule has 0 bridgehead atoms. The normalized spacial score (nSPS) is 21.5. The van der Waals surface area contributed by atoms with Gasteiger partial charge in [-0.25, -0.2) is 0 Å². The van der Waals surface area contributed by atoms with Crippen LogP contribution >= 0.6 is 11.8 Å². The number of aliphatic hydroxyl groups is 1. The van der Waals surface area contributed by atoms with Crippen LogP contribution < -0.4 is 4.90 Å². The molecule has 2 rings (SSSR count). The lowest BCUT2D eigenvalue weighted by Crippen LogP contribution is -2.31. The number of nitrogens with zero attached hydrogens (tertiary/aromatic N) is 2. The summed E-state index contributed by atoms with van der Waals surface area (Å²) in [4.78, 5) is 6.64. The third-order valence-corrected chi connectivity index (χ3v) is 4.50. The van der Waals surface area contributed by atoms with Gasteiger partial charge in [-0.2, -0.15) is 11.8 Å². The maximum atomic E-state index is 9.69. The molecule has 17 heavy (non-hydrogen) atoms. The van der Waals surface area contributed by atoms with E-state index in [-0.39, 0.29) is 0 Å². The monoisotopic (exact) mass is 252 g/mol. The van der Waals surface area contributed by atoms with Gasteiger partial charge in [-0.05, 0) is 30.7 Å². The number of thioether (sulfide) groups is 1. The Labute approximate surface area is 107 Å². The summed E-state index contributed by atoms with van der Waals surface area (Å²) in [5.41, 5.74) is 1.91. The van der Waals surface area contributed by atoms with Gasteiger partial charge in [-0.3, -0.25) is 4.98 Å². The SMILES string of the molecule is CC[C@H](O)c1ccc(N(C)C2CCSC2)cn1. The van der Waals surface area contributed by atoms with Gasteiger partial charge in [0.15, 0.2) is 0 Å². The van der Waals surface area contributed by atoms with Crippen LogP contribution in [0.15, 0.2) is 18.3 Å². The molecule has 2 atom stereocenters. The fraction of sp³-hybridized carbons (Fsp3) is 0.615. The van der Waals surface area contributed by atoms with Crippen molar-refractivity contribution in [2.45, 2.75) is 31.9 Å². The summed E-state index contributed by atoms with van der Waals surface area (Å²) < 4.78 is 0. The molecule has 0 radical (unpaired) electrons. The van der Waals surface area contributed by atoms with E-state index < -0.39 is 6.10 Å². The van der Waals surface area contributed by atoms with E-state index in [1.54, 1.807) is 0 Å². The molecule has 1 N–H and O–H groups in total. The Balaban J connectivity index is 2.06. The maximum absolute atomic E-state index is 9.69. The molecule has 0 spiro atoms. The van der Waals surface area contributed by atoms with E-state index in [0.717, 1.165) is 11.4 Å². The number of rotatable bonds is 4. The van der Waals surface area contributed by atoms with Crippen LogP contribution in [0.25, 0.3) is 0 Å². The van der Waals surface area contributed by atoms with Gasteiger partial charge in [-0.1, -0.05) is 6.92 Å². The molecule has 1 aromatic heterocycles. The van der Waals surface area contributed by atoms with Gasteiger partial charge in [0.05, 0.1) is 23.7 Å². The second-order valence-corrected chi connectivity index (χ2v) is 5.64. The number of hydrogen-bond donors (Lipinski definition) is 1. The van der Waals surface area contributed by atoms with Gasteiger partial charge in [0.2, 0.25) is 0 Å². The molecule has 0 aliphatic carbocycles. The topological polar surface area (TPSA) is 36.4 Å². The van der Waals surface area contributed by atoms with Crippen LogP contribution in [0.4, 0.5) is 5.69 Å². The Kier molecular flexibility index (Phi) is 4.29. The molecule has 4 heteroatoms. The molecule has 1 unspecified atom stereocenters. The summed E-state index contributed by atoms with van der Waals surface area (Å²) in [6.07, 6.45) is 3.40. The lowest BCUT2D eigenvalue weighted by Gasteiger charge is -2.25. The zero-order chi connectivity index (χ0) is 12.3. The van der Waals surface area contributed by atoms with E-state index in [4.69, 9.17) is 0 Å². The first kappa shape index (κ1) is 12.7. The minimum Gasteiger partial charge on any atom is -0.387 e. The van der Waals surface area contributed by atoms with Crippen LogP contribution in [-0.2, 0) is 0 Å². The lowest BCUT2D eigenvalue weighted by atomic mass is 10.1. The van der Waals surface area contributed by atoms with E-state index >= 15 is 0 Å². The quantitative estimate of drug-likeness (QED) is 0.893. The summed E-state index contributed by atoms with van der Waals surface area (Å²) in [6.45, 7) is 1.96. The van der Waals surface area contributed by atoms with Crippen molar-refractivity contribution in [2.75, 3.05) is 23.5 Å². The molecule has 1 aliphatic heterocycles. The highest BCUT2D eigenvalue weighted by Gasteiger charge is 2.20.